The second-order valence-electron chi connectivity index (χ2n) is 5.26. The monoisotopic (exact) mass is 450 g/mol. The Morgan fingerprint density at radius 1 is 0.792 bits per heavy atom. The molecule has 0 atom stereocenters. The van der Waals surface area contributed by atoms with Gasteiger partial charge in [0.25, 0.3) is 0 Å². The van der Waals surface area contributed by atoms with Gasteiger partial charge in [0.15, 0.2) is 0 Å². The maximum Gasteiger partial charge on any atom is 0.0720 e. The summed E-state index contributed by atoms with van der Waals surface area (Å²) in [5, 5.41) is 8.91. The summed E-state index contributed by atoms with van der Waals surface area (Å²) >= 11 is 6.84. The molecule has 0 aliphatic rings. The van der Waals surface area contributed by atoms with Gasteiger partial charge < -0.3 is 11.5 Å². The van der Waals surface area contributed by atoms with E-state index in [-0.39, 0.29) is 0 Å². The van der Waals surface area contributed by atoms with Crippen LogP contribution < -0.4 is 11.5 Å². The van der Waals surface area contributed by atoms with Gasteiger partial charge in [0.2, 0.25) is 0 Å². The zero-order chi connectivity index (χ0) is 17.7. The lowest BCUT2D eigenvalue weighted by Crippen LogP contribution is -2.06. The molecule has 0 aliphatic heterocycles. The molecular weight excluding hydrogens is 432 g/mol. The molecule has 0 bridgehead atoms. The predicted molar refractivity (Wildman–Crippen MR) is 111 cm³/mol. The maximum atomic E-state index is 6.10. The van der Waals surface area contributed by atoms with Gasteiger partial charge in [-0.3, -0.25) is 0 Å². The summed E-state index contributed by atoms with van der Waals surface area (Å²) in [5.41, 5.74) is 17.1. The summed E-state index contributed by atoms with van der Waals surface area (Å²) in [6, 6.07) is 11.6. The van der Waals surface area contributed by atoms with Crippen LogP contribution in [0.2, 0.25) is 0 Å². The highest BCUT2D eigenvalue weighted by Crippen LogP contribution is 2.22. The van der Waals surface area contributed by atoms with E-state index < -0.39 is 0 Å². The average Bonchev–Trinajstić information content (AvgIpc) is 2.54. The second kappa shape index (κ2) is 8.44. The first-order valence-corrected chi connectivity index (χ1v) is 9.29. The molecule has 0 amide bonds. The SMILES string of the molecule is CC/C(=N\N=C(/CC)c1ccc(Br)cc1N)c1ccc(Br)cc1N. The molecule has 0 saturated carbocycles. The highest BCUT2D eigenvalue weighted by atomic mass is 79.9. The summed E-state index contributed by atoms with van der Waals surface area (Å²) in [7, 11) is 0. The van der Waals surface area contributed by atoms with Crippen LogP contribution in [0.15, 0.2) is 55.5 Å². The third kappa shape index (κ3) is 4.45. The summed E-state index contributed by atoms with van der Waals surface area (Å²) in [4.78, 5) is 0. The standard InChI is InChI=1S/C18H20Br2N4/c1-3-17(13-7-5-11(19)9-15(13)21)23-24-18(4-2)14-8-6-12(20)10-16(14)22/h5-10H,3-4,21-22H2,1-2H3/b23-17+,24-18+. The van der Waals surface area contributed by atoms with Crippen molar-refractivity contribution < 1.29 is 0 Å². The van der Waals surface area contributed by atoms with Crippen LogP contribution in [0.4, 0.5) is 11.4 Å². The fraction of sp³-hybridized carbons (Fsp3) is 0.222. The zero-order valence-corrected chi connectivity index (χ0v) is 16.9. The van der Waals surface area contributed by atoms with Crippen LogP contribution in [0.1, 0.15) is 37.8 Å². The predicted octanol–water partition coefficient (Wildman–Crippen LogP) is 5.39. The van der Waals surface area contributed by atoms with E-state index in [2.05, 4.69) is 42.1 Å². The summed E-state index contributed by atoms with van der Waals surface area (Å²) in [5.74, 6) is 0. The van der Waals surface area contributed by atoms with Crippen molar-refractivity contribution in [1.29, 1.82) is 0 Å². The molecule has 0 fully saturated rings. The van der Waals surface area contributed by atoms with Crippen LogP contribution >= 0.6 is 31.9 Å². The smallest absolute Gasteiger partial charge is 0.0720 e. The molecule has 0 radical (unpaired) electrons. The van der Waals surface area contributed by atoms with Crippen molar-refractivity contribution in [3.63, 3.8) is 0 Å². The lowest BCUT2D eigenvalue weighted by atomic mass is 10.1. The van der Waals surface area contributed by atoms with E-state index in [1.54, 1.807) is 0 Å². The van der Waals surface area contributed by atoms with Crippen LogP contribution in [-0.2, 0) is 0 Å². The Morgan fingerprint density at radius 3 is 1.46 bits per heavy atom. The van der Waals surface area contributed by atoms with E-state index in [9.17, 15) is 0 Å². The van der Waals surface area contributed by atoms with Gasteiger partial charge in [0.05, 0.1) is 11.4 Å². The molecule has 0 heterocycles. The fourth-order valence-corrected chi connectivity index (χ4v) is 3.10. The second-order valence-corrected chi connectivity index (χ2v) is 7.09. The van der Waals surface area contributed by atoms with Crippen molar-refractivity contribution in [2.75, 3.05) is 11.5 Å². The first kappa shape index (κ1) is 18.7. The van der Waals surface area contributed by atoms with Crippen molar-refractivity contribution >= 4 is 54.7 Å². The lowest BCUT2D eigenvalue weighted by Gasteiger charge is -2.09. The zero-order valence-electron chi connectivity index (χ0n) is 13.7. The average molecular weight is 452 g/mol. The Hall–Kier alpha value is -1.66. The molecule has 24 heavy (non-hydrogen) atoms. The molecule has 126 valence electrons. The Kier molecular flexibility index (Phi) is 6.57. The van der Waals surface area contributed by atoms with E-state index in [0.29, 0.717) is 11.4 Å². The van der Waals surface area contributed by atoms with Gasteiger partial charge in [-0.1, -0.05) is 45.7 Å². The van der Waals surface area contributed by atoms with Crippen LogP contribution in [0.5, 0.6) is 0 Å². The van der Waals surface area contributed by atoms with E-state index in [1.165, 1.54) is 0 Å². The van der Waals surface area contributed by atoms with E-state index in [0.717, 1.165) is 44.3 Å². The minimum absolute atomic E-state index is 0.682. The number of hydrogen-bond acceptors (Lipinski definition) is 4. The van der Waals surface area contributed by atoms with Gasteiger partial charge in [0, 0.05) is 31.4 Å². The Bertz CT molecular complexity index is 730. The normalized spacial score (nSPS) is 12.5. The Balaban J connectivity index is 2.43. The number of nitrogen functional groups attached to an aromatic ring is 2. The summed E-state index contributed by atoms with van der Waals surface area (Å²) < 4.78 is 1.89. The van der Waals surface area contributed by atoms with Crippen LogP contribution in [0.25, 0.3) is 0 Å². The Labute approximate surface area is 159 Å². The fourth-order valence-electron chi connectivity index (χ4n) is 2.34. The molecule has 0 unspecified atom stereocenters. The van der Waals surface area contributed by atoms with Gasteiger partial charge in [0.1, 0.15) is 0 Å². The van der Waals surface area contributed by atoms with E-state index in [4.69, 9.17) is 11.5 Å². The molecule has 2 rings (SSSR count). The number of rotatable bonds is 5. The summed E-state index contributed by atoms with van der Waals surface area (Å²) in [6.07, 6.45) is 1.48. The van der Waals surface area contributed by atoms with Crippen molar-refractivity contribution in [3.8, 4) is 0 Å². The molecule has 2 aromatic rings. The van der Waals surface area contributed by atoms with Crippen molar-refractivity contribution in [3.05, 3.63) is 56.5 Å². The van der Waals surface area contributed by atoms with Crippen LogP contribution in [-0.4, -0.2) is 11.4 Å². The first-order chi connectivity index (χ1) is 11.5. The quantitative estimate of drug-likeness (QED) is 0.363. The number of nitrogens with zero attached hydrogens (tertiary/aromatic N) is 2. The minimum atomic E-state index is 0.682. The topological polar surface area (TPSA) is 76.8 Å². The third-order valence-electron chi connectivity index (χ3n) is 3.61. The number of halogens is 2. The largest absolute Gasteiger partial charge is 0.398 e. The van der Waals surface area contributed by atoms with Crippen molar-refractivity contribution in [2.24, 2.45) is 10.2 Å². The van der Waals surface area contributed by atoms with Crippen molar-refractivity contribution in [1.82, 2.24) is 0 Å². The number of nitrogens with two attached hydrogens (primary N) is 2. The molecule has 0 aliphatic carbocycles. The van der Waals surface area contributed by atoms with Gasteiger partial charge in [-0.25, -0.2) is 0 Å². The highest BCUT2D eigenvalue weighted by Gasteiger charge is 2.09. The minimum Gasteiger partial charge on any atom is -0.398 e. The van der Waals surface area contributed by atoms with Crippen molar-refractivity contribution in [2.45, 2.75) is 26.7 Å². The van der Waals surface area contributed by atoms with Gasteiger partial charge in [-0.15, -0.1) is 0 Å². The van der Waals surface area contributed by atoms with Crippen LogP contribution in [0.3, 0.4) is 0 Å². The third-order valence-corrected chi connectivity index (χ3v) is 4.60. The van der Waals surface area contributed by atoms with Gasteiger partial charge in [-0.2, -0.15) is 10.2 Å². The molecule has 4 nitrogen and oxygen atoms in total. The molecule has 0 aromatic heterocycles. The maximum absolute atomic E-state index is 6.10. The van der Waals surface area contributed by atoms with Gasteiger partial charge in [-0.05, 0) is 49.2 Å². The summed E-state index contributed by atoms with van der Waals surface area (Å²) in [6.45, 7) is 4.07. The van der Waals surface area contributed by atoms with E-state index >= 15 is 0 Å². The van der Waals surface area contributed by atoms with Gasteiger partial charge >= 0.3 is 0 Å². The molecule has 4 N–H and O–H groups in total. The first-order valence-electron chi connectivity index (χ1n) is 7.70. The highest BCUT2D eigenvalue weighted by molar-refractivity contribution is 9.10. The molecule has 0 spiro atoms. The van der Waals surface area contributed by atoms with Crippen LogP contribution in [0, 0.1) is 0 Å². The molecule has 0 saturated heterocycles. The molecule has 6 heteroatoms. The molecular formula is C18H20Br2N4. The number of benzene rings is 2. The number of anilines is 2. The number of hydrogen-bond donors (Lipinski definition) is 2. The Morgan fingerprint density at radius 2 is 1.17 bits per heavy atom. The lowest BCUT2D eigenvalue weighted by molar-refractivity contribution is 1.13. The molecule has 2 aromatic carbocycles. The van der Waals surface area contributed by atoms with E-state index in [1.807, 2.05) is 50.2 Å².